The number of carbonyl (C=O) groups excluding carboxylic acids is 1. The second-order valence-corrected chi connectivity index (χ2v) is 9.04. The molecule has 0 bridgehead atoms. The van der Waals surface area contributed by atoms with Crippen LogP contribution in [0.15, 0.2) is 43.2 Å². The lowest BCUT2D eigenvalue weighted by molar-refractivity contribution is -0.149. The molecule has 0 aliphatic carbocycles. The fraction of sp³-hybridized carbons (Fsp3) is 0.375. The van der Waals surface area contributed by atoms with E-state index in [1.54, 1.807) is 31.1 Å². The van der Waals surface area contributed by atoms with Crippen LogP contribution < -0.4 is 4.74 Å². The summed E-state index contributed by atoms with van der Waals surface area (Å²) in [5, 5.41) is 4.34. The molecule has 0 fully saturated rings. The lowest BCUT2D eigenvalue weighted by Crippen LogP contribution is -2.35. The Morgan fingerprint density at radius 3 is 2.74 bits per heavy atom. The molecule has 0 saturated carbocycles. The van der Waals surface area contributed by atoms with E-state index in [2.05, 4.69) is 33.5 Å². The zero-order chi connectivity index (χ0) is 24.0. The van der Waals surface area contributed by atoms with Gasteiger partial charge in [0, 0.05) is 24.0 Å². The Kier molecular flexibility index (Phi) is 5.22. The molecule has 0 saturated heterocycles. The maximum Gasteiger partial charge on any atom is 0.331 e. The van der Waals surface area contributed by atoms with Crippen molar-refractivity contribution in [1.82, 2.24) is 33.9 Å². The van der Waals surface area contributed by atoms with E-state index < -0.39 is 5.54 Å². The van der Waals surface area contributed by atoms with Gasteiger partial charge in [-0.3, -0.25) is 0 Å². The summed E-state index contributed by atoms with van der Waals surface area (Å²) in [5.74, 6) is 1.97. The van der Waals surface area contributed by atoms with E-state index in [0.717, 1.165) is 39.9 Å². The SMILES string of the molecule is COC(=O)C(C)(C)n1cnc(-c2ccc3c(c2)OCCn2cc(-c4ncnn4C(C)C)nc2-3)c1. The monoisotopic (exact) mass is 461 g/mol. The zero-order valence-electron chi connectivity index (χ0n) is 19.9. The van der Waals surface area contributed by atoms with Crippen LogP contribution >= 0.6 is 0 Å². The Balaban J connectivity index is 1.51. The summed E-state index contributed by atoms with van der Waals surface area (Å²) in [6.07, 6.45) is 7.04. The Morgan fingerprint density at radius 1 is 1.15 bits per heavy atom. The third-order valence-corrected chi connectivity index (χ3v) is 6.09. The molecule has 4 heterocycles. The number of aromatic nitrogens is 7. The molecule has 0 atom stereocenters. The fourth-order valence-corrected chi connectivity index (χ4v) is 4.09. The smallest absolute Gasteiger partial charge is 0.331 e. The van der Waals surface area contributed by atoms with Gasteiger partial charge in [-0.2, -0.15) is 5.10 Å². The second kappa shape index (κ2) is 8.12. The average molecular weight is 462 g/mol. The summed E-state index contributed by atoms with van der Waals surface area (Å²) in [6.45, 7) is 8.91. The minimum absolute atomic E-state index is 0.182. The lowest BCUT2D eigenvalue weighted by Gasteiger charge is -2.22. The maximum absolute atomic E-state index is 12.2. The first-order valence-corrected chi connectivity index (χ1v) is 11.2. The molecule has 1 aliphatic rings. The molecule has 0 radical (unpaired) electrons. The largest absolute Gasteiger partial charge is 0.491 e. The quantitative estimate of drug-likeness (QED) is 0.419. The third kappa shape index (κ3) is 3.55. The first-order valence-electron chi connectivity index (χ1n) is 11.2. The summed E-state index contributed by atoms with van der Waals surface area (Å²) in [6, 6.07) is 6.13. The van der Waals surface area contributed by atoms with Gasteiger partial charge in [0.25, 0.3) is 0 Å². The molecule has 1 aromatic carbocycles. The van der Waals surface area contributed by atoms with Crippen LogP contribution in [0.1, 0.15) is 33.7 Å². The average Bonchev–Trinajstić information content (AvgIpc) is 3.56. The number of ether oxygens (including phenoxy) is 2. The minimum Gasteiger partial charge on any atom is -0.491 e. The van der Waals surface area contributed by atoms with Crippen LogP contribution in [0.4, 0.5) is 0 Å². The first kappa shape index (κ1) is 21.9. The van der Waals surface area contributed by atoms with Gasteiger partial charge in [0.2, 0.25) is 0 Å². The van der Waals surface area contributed by atoms with Crippen LogP contribution in [0.3, 0.4) is 0 Å². The van der Waals surface area contributed by atoms with E-state index in [1.165, 1.54) is 7.11 Å². The van der Waals surface area contributed by atoms with Crippen molar-refractivity contribution in [3.8, 4) is 39.9 Å². The lowest BCUT2D eigenvalue weighted by atomic mass is 10.1. The molecule has 0 N–H and O–H groups in total. The molecule has 0 spiro atoms. The van der Waals surface area contributed by atoms with Gasteiger partial charge in [-0.1, -0.05) is 6.07 Å². The van der Waals surface area contributed by atoms with Crippen LogP contribution in [-0.2, 0) is 21.6 Å². The normalized spacial score (nSPS) is 13.2. The van der Waals surface area contributed by atoms with E-state index in [9.17, 15) is 4.79 Å². The van der Waals surface area contributed by atoms with Crippen molar-refractivity contribution in [1.29, 1.82) is 0 Å². The molecule has 34 heavy (non-hydrogen) atoms. The van der Waals surface area contributed by atoms with Gasteiger partial charge in [-0.25, -0.2) is 24.4 Å². The molecule has 1 aliphatic heterocycles. The standard InChI is InChI=1S/C24H27N7O3/c1-15(2)31-22(25-13-27-31)19-11-29-8-9-34-20-10-16(6-7-17(20)21(29)28-19)18-12-30(14-26-18)24(3,4)23(32)33-5/h6-7,10-15H,8-9H2,1-5H3. The highest BCUT2D eigenvalue weighted by molar-refractivity contribution is 5.78. The number of esters is 1. The Labute approximate surface area is 197 Å². The molecule has 0 unspecified atom stereocenters. The van der Waals surface area contributed by atoms with Crippen LogP contribution in [0, 0.1) is 0 Å². The van der Waals surface area contributed by atoms with Gasteiger partial charge in [0.1, 0.15) is 35.7 Å². The van der Waals surface area contributed by atoms with Gasteiger partial charge in [0.15, 0.2) is 5.82 Å². The van der Waals surface area contributed by atoms with Crippen molar-refractivity contribution in [3.63, 3.8) is 0 Å². The topological polar surface area (TPSA) is 102 Å². The van der Waals surface area contributed by atoms with E-state index in [1.807, 2.05) is 35.3 Å². The number of hydrogen-bond donors (Lipinski definition) is 0. The molecule has 4 aromatic rings. The highest BCUT2D eigenvalue weighted by atomic mass is 16.5. The summed E-state index contributed by atoms with van der Waals surface area (Å²) < 4.78 is 16.7. The molecule has 10 heteroatoms. The van der Waals surface area contributed by atoms with Crippen molar-refractivity contribution >= 4 is 5.97 Å². The number of hydrogen-bond acceptors (Lipinski definition) is 7. The van der Waals surface area contributed by atoms with Crippen molar-refractivity contribution in [2.24, 2.45) is 0 Å². The van der Waals surface area contributed by atoms with E-state index in [4.69, 9.17) is 14.5 Å². The first-order chi connectivity index (χ1) is 16.3. The van der Waals surface area contributed by atoms with Crippen molar-refractivity contribution in [2.45, 2.75) is 45.8 Å². The number of imidazole rings is 2. The molecular weight excluding hydrogens is 434 g/mol. The Bertz CT molecular complexity index is 1360. The highest BCUT2D eigenvalue weighted by Gasteiger charge is 2.31. The maximum atomic E-state index is 12.2. The van der Waals surface area contributed by atoms with Crippen molar-refractivity contribution in [3.05, 3.63) is 43.2 Å². The minimum atomic E-state index is -0.861. The molecule has 10 nitrogen and oxygen atoms in total. The molecule has 3 aromatic heterocycles. The summed E-state index contributed by atoms with van der Waals surface area (Å²) in [5.41, 5.74) is 2.44. The second-order valence-electron chi connectivity index (χ2n) is 9.04. The summed E-state index contributed by atoms with van der Waals surface area (Å²) in [7, 11) is 1.38. The van der Waals surface area contributed by atoms with Gasteiger partial charge < -0.3 is 18.6 Å². The zero-order valence-corrected chi connectivity index (χ0v) is 19.9. The third-order valence-electron chi connectivity index (χ3n) is 6.09. The van der Waals surface area contributed by atoms with E-state index >= 15 is 0 Å². The van der Waals surface area contributed by atoms with E-state index in [-0.39, 0.29) is 12.0 Å². The summed E-state index contributed by atoms with van der Waals surface area (Å²) in [4.78, 5) is 26.0. The van der Waals surface area contributed by atoms with Gasteiger partial charge in [0.05, 0.1) is 31.2 Å². The number of methoxy groups -OCH3 is 1. The van der Waals surface area contributed by atoms with Crippen molar-refractivity contribution in [2.75, 3.05) is 13.7 Å². The number of fused-ring (bicyclic) bond motifs is 3. The number of carbonyl (C=O) groups is 1. The van der Waals surface area contributed by atoms with E-state index in [0.29, 0.717) is 13.2 Å². The molecule has 176 valence electrons. The Hall–Kier alpha value is -3.95. The number of rotatable bonds is 5. The van der Waals surface area contributed by atoms with Crippen molar-refractivity contribution < 1.29 is 14.3 Å². The number of nitrogens with zero attached hydrogens (tertiary/aromatic N) is 7. The molecule has 0 amide bonds. The van der Waals surface area contributed by atoms with Crippen LogP contribution in [0.2, 0.25) is 0 Å². The fourth-order valence-electron chi connectivity index (χ4n) is 4.09. The van der Waals surface area contributed by atoms with Gasteiger partial charge >= 0.3 is 5.97 Å². The van der Waals surface area contributed by atoms with Gasteiger partial charge in [-0.15, -0.1) is 0 Å². The van der Waals surface area contributed by atoms with Crippen LogP contribution in [-0.4, -0.2) is 53.6 Å². The molecule has 5 rings (SSSR count). The Morgan fingerprint density at radius 2 is 1.97 bits per heavy atom. The molecular formula is C24H27N7O3. The predicted molar refractivity (Wildman–Crippen MR) is 125 cm³/mol. The van der Waals surface area contributed by atoms with Crippen LogP contribution in [0.5, 0.6) is 5.75 Å². The summed E-state index contributed by atoms with van der Waals surface area (Å²) >= 11 is 0. The highest BCUT2D eigenvalue weighted by Crippen LogP contribution is 2.36. The predicted octanol–water partition coefficient (Wildman–Crippen LogP) is 3.55. The van der Waals surface area contributed by atoms with Gasteiger partial charge in [-0.05, 0) is 39.8 Å². The van der Waals surface area contributed by atoms with Crippen LogP contribution in [0.25, 0.3) is 34.2 Å². The number of benzene rings is 1.